The van der Waals surface area contributed by atoms with E-state index in [4.69, 9.17) is 4.52 Å². The van der Waals surface area contributed by atoms with Crippen molar-refractivity contribution in [3.8, 4) is 11.5 Å². The number of hydrogen-bond acceptors (Lipinski definition) is 5. The van der Waals surface area contributed by atoms with Gasteiger partial charge in [-0.1, -0.05) is 32.3 Å². The fourth-order valence-corrected chi connectivity index (χ4v) is 2.45. The smallest absolute Gasteiger partial charge is 0.319 e. The fraction of sp³-hybridized carbons (Fsp3) is 0.500. The number of nitrogens with zero attached hydrogens (tertiary/aromatic N) is 2. The summed E-state index contributed by atoms with van der Waals surface area (Å²) in [5, 5.41) is 19.0. The zero-order valence-corrected chi connectivity index (χ0v) is 15.2. The molecule has 25 heavy (non-hydrogen) atoms. The van der Waals surface area contributed by atoms with Crippen molar-refractivity contribution in [1.82, 2.24) is 15.5 Å². The molecule has 7 nitrogen and oxygen atoms in total. The van der Waals surface area contributed by atoms with Gasteiger partial charge in [-0.2, -0.15) is 4.98 Å². The number of aliphatic hydroxyl groups excluding tert-OH is 1. The summed E-state index contributed by atoms with van der Waals surface area (Å²) >= 11 is 0. The van der Waals surface area contributed by atoms with Crippen molar-refractivity contribution in [2.24, 2.45) is 0 Å². The Morgan fingerprint density at radius 1 is 1.32 bits per heavy atom. The van der Waals surface area contributed by atoms with Gasteiger partial charge in [-0.15, -0.1) is 0 Å². The Kier molecular flexibility index (Phi) is 6.14. The van der Waals surface area contributed by atoms with E-state index in [1.807, 2.05) is 39.8 Å². The van der Waals surface area contributed by atoms with Crippen LogP contribution in [0.15, 0.2) is 28.8 Å². The average molecular weight is 346 g/mol. The van der Waals surface area contributed by atoms with Crippen LogP contribution < -0.4 is 10.6 Å². The van der Waals surface area contributed by atoms with Crippen LogP contribution in [0.4, 0.5) is 10.5 Å². The minimum absolute atomic E-state index is 0.109. The largest absolute Gasteiger partial charge is 0.394 e. The van der Waals surface area contributed by atoms with E-state index in [2.05, 4.69) is 20.8 Å². The fourth-order valence-electron chi connectivity index (χ4n) is 2.45. The maximum Gasteiger partial charge on any atom is 0.319 e. The standard InChI is InChI=1S/C18H26N4O3/c1-5-10-18(4,11-23)21-17(24)19-14-8-6-13(7-9-14)16-20-15(12(2)3)22-25-16/h6-9,12,23H,5,10-11H2,1-4H3,(H2,19,21,24). The molecule has 1 heterocycles. The van der Waals surface area contributed by atoms with Crippen LogP contribution in [-0.4, -0.2) is 33.4 Å². The number of benzene rings is 1. The maximum atomic E-state index is 12.1. The lowest BCUT2D eigenvalue weighted by Gasteiger charge is -2.28. The lowest BCUT2D eigenvalue weighted by atomic mass is 9.98. The average Bonchev–Trinajstić information content (AvgIpc) is 3.06. The molecule has 0 saturated heterocycles. The number of rotatable bonds is 7. The van der Waals surface area contributed by atoms with Gasteiger partial charge in [0.1, 0.15) is 0 Å². The molecule has 0 radical (unpaired) electrons. The first kappa shape index (κ1) is 18.9. The third kappa shape index (κ3) is 5.03. The van der Waals surface area contributed by atoms with Crippen molar-refractivity contribution in [1.29, 1.82) is 0 Å². The normalized spacial score (nSPS) is 13.5. The lowest BCUT2D eigenvalue weighted by Crippen LogP contribution is -2.50. The van der Waals surface area contributed by atoms with E-state index in [1.165, 1.54) is 0 Å². The number of anilines is 1. The maximum absolute atomic E-state index is 12.1. The summed E-state index contributed by atoms with van der Waals surface area (Å²) in [6.07, 6.45) is 1.57. The van der Waals surface area contributed by atoms with E-state index in [0.717, 1.165) is 12.0 Å². The third-order valence-electron chi connectivity index (χ3n) is 3.91. The minimum Gasteiger partial charge on any atom is -0.394 e. The van der Waals surface area contributed by atoms with Gasteiger partial charge in [0.25, 0.3) is 5.89 Å². The molecule has 136 valence electrons. The van der Waals surface area contributed by atoms with Crippen LogP contribution in [0.1, 0.15) is 52.3 Å². The van der Waals surface area contributed by atoms with Crippen LogP contribution in [0.3, 0.4) is 0 Å². The van der Waals surface area contributed by atoms with E-state index < -0.39 is 5.54 Å². The number of urea groups is 1. The highest BCUT2D eigenvalue weighted by Crippen LogP contribution is 2.22. The zero-order chi connectivity index (χ0) is 18.4. The number of aliphatic hydroxyl groups is 1. The van der Waals surface area contributed by atoms with Crippen LogP contribution in [0.2, 0.25) is 0 Å². The lowest BCUT2D eigenvalue weighted by molar-refractivity contribution is 0.167. The predicted molar refractivity (Wildman–Crippen MR) is 96.4 cm³/mol. The monoisotopic (exact) mass is 346 g/mol. The Hall–Kier alpha value is -2.41. The molecule has 0 spiro atoms. The molecule has 0 saturated carbocycles. The second-order valence-corrected chi connectivity index (χ2v) is 6.74. The van der Waals surface area contributed by atoms with Crippen LogP contribution in [0.5, 0.6) is 0 Å². The summed E-state index contributed by atoms with van der Waals surface area (Å²) in [5.41, 5.74) is 0.800. The first-order chi connectivity index (χ1) is 11.9. The van der Waals surface area contributed by atoms with Crippen LogP contribution >= 0.6 is 0 Å². The molecule has 1 atom stereocenters. The highest BCUT2D eigenvalue weighted by molar-refractivity contribution is 5.90. The Morgan fingerprint density at radius 2 is 2.00 bits per heavy atom. The van der Waals surface area contributed by atoms with Gasteiger partial charge < -0.3 is 20.3 Å². The van der Waals surface area contributed by atoms with Crippen molar-refractivity contribution >= 4 is 11.7 Å². The summed E-state index contributed by atoms with van der Waals surface area (Å²) in [6.45, 7) is 7.72. The van der Waals surface area contributed by atoms with Crippen LogP contribution in [0.25, 0.3) is 11.5 Å². The van der Waals surface area contributed by atoms with Gasteiger partial charge in [-0.25, -0.2) is 4.79 Å². The third-order valence-corrected chi connectivity index (χ3v) is 3.91. The number of nitrogens with one attached hydrogen (secondary N) is 2. The number of amides is 2. The van der Waals surface area contributed by atoms with Crippen molar-refractivity contribution < 1.29 is 14.4 Å². The number of hydrogen-bond donors (Lipinski definition) is 3. The number of carbonyl (C=O) groups excluding carboxylic acids is 1. The van der Waals surface area contributed by atoms with E-state index in [1.54, 1.807) is 12.1 Å². The van der Waals surface area contributed by atoms with Gasteiger partial charge in [-0.05, 0) is 37.6 Å². The molecule has 0 fully saturated rings. The van der Waals surface area contributed by atoms with E-state index in [9.17, 15) is 9.90 Å². The molecule has 2 aromatic rings. The quantitative estimate of drug-likeness (QED) is 0.712. The van der Waals surface area contributed by atoms with Gasteiger partial charge in [0, 0.05) is 17.2 Å². The Balaban J connectivity index is 2.01. The Labute approximate surface area is 147 Å². The van der Waals surface area contributed by atoms with Gasteiger partial charge in [-0.3, -0.25) is 0 Å². The van der Waals surface area contributed by atoms with Crippen LogP contribution in [0, 0.1) is 0 Å². The molecule has 0 aliphatic carbocycles. The van der Waals surface area contributed by atoms with Crippen molar-refractivity contribution in [2.45, 2.75) is 52.0 Å². The van der Waals surface area contributed by atoms with Crippen LogP contribution in [-0.2, 0) is 0 Å². The summed E-state index contributed by atoms with van der Waals surface area (Å²) < 4.78 is 5.25. The molecule has 2 rings (SSSR count). The molecule has 0 aliphatic heterocycles. The second-order valence-electron chi connectivity index (χ2n) is 6.74. The van der Waals surface area contributed by atoms with E-state index >= 15 is 0 Å². The van der Waals surface area contributed by atoms with Gasteiger partial charge in [0.2, 0.25) is 0 Å². The summed E-state index contributed by atoms with van der Waals surface area (Å²) in [5.74, 6) is 1.32. The summed E-state index contributed by atoms with van der Waals surface area (Å²) in [4.78, 5) is 16.5. The highest BCUT2D eigenvalue weighted by Gasteiger charge is 2.24. The molecule has 0 aliphatic rings. The number of carbonyl (C=O) groups is 1. The molecular formula is C18H26N4O3. The molecule has 3 N–H and O–H groups in total. The van der Waals surface area contributed by atoms with Gasteiger partial charge in [0.15, 0.2) is 5.82 Å². The minimum atomic E-state index is -0.629. The Morgan fingerprint density at radius 3 is 2.52 bits per heavy atom. The van der Waals surface area contributed by atoms with Crippen molar-refractivity contribution in [3.05, 3.63) is 30.1 Å². The SMILES string of the molecule is CCCC(C)(CO)NC(=O)Nc1ccc(-c2nc(C(C)C)no2)cc1. The molecular weight excluding hydrogens is 320 g/mol. The van der Waals surface area contributed by atoms with Gasteiger partial charge in [0.05, 0.1) is 12.1 Å². The van der Waals surface area contributed by atoms with Crippen molar-refractivity contribution in [3.63, 3.8) is 0 Å². The van der Waals surface area contributed by atoms with Gasteiger partial charge >= 0.3 is 6.03 Å². The zero-order valence-electron chi connectivity index (χ0n) is 15.2. The second kappa shape index (κ2) is 8.11. The molecule has 0 bridgehead atoms. The number of aromatic nitrogens is 2. The highest BCUT2D eigenvalue weighted by atomic mass is 16.5. The Bertz CT molecular complexity index is 697. The molecule has 2 amide bonds. The summed E-state index contributed by atoms with van der Waals surface area (Å²) in [6, 6.07) is 6.81. The summed E-state index contributed by atoms with van der Waals surface area (Å²) in [7, 11) is 0. The first-order valence-corrected chi connectivity index (χ1v) is 8.51. The molecule has 7 heteroatoms. The van der Waals surface area contributed by atoms with E-state index in [0.29, 0.717) is 23.8 Å². The molecule has 1 aromatic heterocycles. The molecule has 1 aromatic carbocycles. The topological polar surface area (TPSA) is 100 Å². The van der Waals surface area contributed by atoms with E-state index in [-0.39, 0.29) is 18.6 Å². The molecule has 1 unspecified atom stereocenters. The predicted octanol–water partition coefficient (Wildman–Crippen LogP) is 3.53. The van der Waals surface area contributed by atoms with Crippen molar-refractivity contribution in [2.75, 3.05) is 11.9 Å². The first-order valence-electron chi connectivity index (χ1n) is 8.51.